The summed E-state index contributed by atoms with van der Waals surface area (Å²) in [6, 6.07) is 0. The highest BCUT2D eigenvalue weighted by Gasteiger charge is 1.93. The fraction of sp³-hybridized carbons (Fsp3) is 0.400. The lowest BCUT2D eigenvalue weighted by Crippen LogP contribution is -1.93. The predicted molar refractivity (Wildman–Crippen MR) is 27.9 cm³/mol. The molecule has 1 aromatic heterocycles. The second kappa shape index (κ2) is 1.94. The molecule has 0 saturated heterocycles. The van der Waals surface area contributed by atoms with E-state index in [1.165, 1.54) is 17.1 Å². The lowest BCUT2D eigenvalue weighted by atomic mass is 10.7. The molecule has 0 aliphatic heterocycles. The average molecular weight is 114 g/mol. The van der Waals surface area contributed by atoms with Crippen molar-refractivity contribution in [3.8, 4) is 0 Å². The number of hydrogen-bond acceptors (Lipinski definition) is 1. The molecule has 0 radical (unpaired) electrons. The molecule has 0 bridgehead atoms. The van der Waals surface area contributed by atoms with Crippen LogP contribution >= 0.6 is 0 Å². The Balaban J connectivity index is 2.92. The Kier molecular flexibility index (Phi) is 1.28. The highest BCUT2D eigenvalue weighted by Crippen LogP contribution is 1.93. The molecule has 0 aliphatic rings. The maximum absolute atomic E-state index is 12.3. The monoisotopic (exact) mass is 114 g/mol. The van der Waals surface area contributed by atoms with Crippen LogP contribution in [0, 0.1) is 5.95 Å². The molecule has 0 unspecified atom stereocenters. The summed E-state index contributed by atoms with van der Waals surface area (Å²) in [5.74, 6) is -0.271. The second-order valence-corrected chi connectivity index (χ2v) is 1.50. The Hall–Kier alpha value is -0.860. The molecular formula is C5H7FN2. The third-order valence-electron chi connectivity index (χ3n) is 1.00. The summed E-state index contributed by atoms with van der Waals surface area (Å²) in [5, 5.41) is 0. The molecule has 0 N–H and O–H groups in total. The van der Waals surface area contributed by atoms with Crippen molar-refractivity contribution < 1.29 is 4.39 Å². The van der Waals surface area contributed by atoms with E-state index >= 15 is 0 Å². The Morgan fingerprint density at radius 3 is 2.88 bits per heavy atom. The van der Waals surface area contributed by atoms with E-state index in [9.17, 15) is 4.39 Å². The Bertz CT molecular complexity index is 171. The molecule has 0 fully saturated rings. The number of hydrogen-bond donors (Lipinski definition) is 0. The van der Waals surface area contributed by atoms with E-state index in [4.69, 9.17) is 0 Å². The second-order valence-electron chi connectivity index (χ2n) is 1.50. The first kappa shape index (κ1) is 5.28. The number of aryl methyl sites for hydroxylation is 1. The minimum absolute atomic E-state index is 0.271. The highest BCUT2D eigenvalue weighted by atomic mass is 19.1. The Labute approximate surface area is 47.0 Å². The van der Waals surface area contributed by atoms with E-state index in [-0.39, 0.29) is 5.95 Å². The van der Waals surface area contributed by atoms with Crippen LogP contribution in [0.1, 0.15) is 6.92 Å². The zero-order valence-corrected chi connectivity index (χ0v) is 4.63. The molecule has 0 saturated carbocycles. The molecule has 44 valence electrons. The number of rotatable bonds is 1. The zero-order chi connectivity index (χ0) is 5.98. The predicted octanol–water partition coefficient (Wildman–Crippen LogP) is 1.04. The van der Waals surface area contributed by atoms with Gasteiger partial charge in [-0.2, -0.15) is 4.39 Å². The SMILES string of the molecule is CCn1cncc1F. The van der Waals surface area contributed by atoms with Gasteiger partial charge in [-0.05, 0) is 6.92 Å². The smallest absolute Gasteiger partial charge is 0.213 e. The maximum Gasteiger partial charge on any atom is 0.213 e. The van der Waals surface area contributed by atoms with Gasteiger partial charge in [-0.3, -0.25) is 0 Å². The summed E-state index contributed by atoms with van der Waals surface area (Å²) >= 11 is 0. The van der Waals surface area contributed by atoms with Crippen molar-refractivity contribution in [2.45, 2.75) is 13.5 Å². The number of aromatic nitrogens is 2. The van der Waals surface area contributed by atoms with Crippen LogP contribution in [0.5, 0.6) is 0 Å². The van der Waals surface area contributed by atoms with Crippen LogP contribution in [-0.4, -0.2) is 9.55 Å². The summed E-state index contributed by atoms with van der Waals surface area (Å²) in [4.78, 5) is 3.58. The normalized spacial score (nSPS) is 9.75. The van der Waals surface area contributed by atoms with Crippen molar-refractivity contribution in [1.29, 1.82) is 0 Å². The molecule has 0 aromatic carbocycles. The van der Waals surface area contributed by atoms with E-state index in [1.54, 1.807) is 0 Å². The molecule has 0 spiro atoms. The largest absolute Gasteiger partial charge is 0.308 e. The van der Waals surface area contributed by atoms with Gasteiger partial charge in [0, 0.05) is 6.54 Å². The van der Waals surface area contributed by atoms with Crippen molar-refractivity contribution in [3.63, 3.8) is 0 Å². The minimum Gasteiger partial charge on any atom is -0.308 e. The van der Waals surface area contributed by atoms with Crippen LogP contribution in [0.4, 0.5) is 4.39 Å². The summed E-state index contributed by atoms with van der Waals surface area (Å²) in [5.41, 5.74) is 0. The van der Waals surface area contributed by atoms with Gasteiger partial charge < -0.3 is 4.57 Å². The van der Waals surface area contributed by atoms with Gasteiger partial charge in [0.25, 0.3) is 0 Å². The molecule has 0 amide bonds. The van der Waals surface area contributed by atoms with Crippen LogP contribution < -0.4 is 0 Å². The van der Waals surface area contributed by atoms with Gasteiger partial charge in [0.2, 0.25) is 5.95 Å². The van der Waals surface area contributed by atoms with Crippen molar-refractivity contribution >= 4 is 0 Å². The molecule has 0 aliphatic carbocycles. The van der Waals surface area contributed by atoms with E-state index in [2.05, 4.69) is 4.98 Å². The van der Waals surface area contributed by atoms with Crippen molar-refractivity contribution in [3.05, 3.63) is 18.5 Å². The average Bonchev–Trinajstić information content (AvgIpc) is 2.14. The van der Waals surface area contributed by atoms with Crippen LogP contribution in [-0.2, 0) is 6.54 Å². The van der Waals surface area contributed by atoms with Crippen molar-refractivity contribution in [2.75, 3.05) is 0 Å². The van der Waals surface area contributed by atoms with E-state index in [0.29, 0.717) is 6.54 Å². The van der Waals surface area contributed by atoms with Gasteiger partial charge in [0.1, 0.15) is 0 Å². The summed E-state index contributed by atoms with van der Waals surface area (Å²) in [7, 11) is 0. The van der Waals surface area contributed by atoms with Crippen LogP contribution in [0.3, 0.4) is 0 Å². The van der Waals surface area contributed by atoms with Crippen LogP contribution in [0.25, 0.3) is 0 Å². The fourth-order valence-electron chi connectivity index (χ4n) is 0.537. The third-order valence-corrected chi connectivity index (χ3v) is 1.00. The molecule has 3 heteroatoms. The van der Waals surface area contributed by atoms with E-state index in [0.717, 1.165) is 0 Å². The lowest BCUT2D eigenvalue weighted by Gasteiger charge is -1.91. The topological polar surface area (TPSA) is 17.8 Å². The van der Waals surface area contributed by atoms with E-state index in [1.807, 2.05) is 6.92 Å². The molecule has 8 heavy (non-hydrogen) atoms. The Morgan fingerprint density at radius 1 is 1.88 bits per heavy atom. The molecule has 1 heterocycles. The standard InChI is InChI=1S/C5H7FN2/c1-2-8-4-7-3-5(8)6/h3-4H,2H2,1H3. The van der Waals surface area contributed by atoms with Gasteiger partial charge in [0.15, 0.2) is 0 Å². The number of halogens is 1. The summed E-state index contributed by atoms with van der Waals surface area (Å²) < 4.78 is 13.7. The molecule has 2 nitrogen and oxygen atoms in total. The Morgan fingerprint density at radius 2 is 2.62 bits per heavy atom. The molecule has 1 rings (SSSR count). The minimum atomic E-state index is -0.271. The zero-order valence-electron chi connectivity index (χ0n) is 4.63. The molecule has 1 aromatic rings. The number of imidazole rings is 1. The molecular weight excluding hydrogens is 107 g/mol. The summed E-state index contributed by atoms with van der Waals surface area (Å²) in [6.07, 6.45) is 2.67. The van der Waals surface area contributed by atoms with Gasteiger partial charge in [0.05, 0.1) is 12.5 Å². The van der Waals surface area contributed by atoms with Gasteiger partial charge in [-0.15, -0.1) is 0 Å². The summed E-state index contributed by atoms with van der Waals surface area (Å²) in [6.45, 7) is 2.51. The van der Waals surface area contributed by atoms with Gasteiger partial charge >= 0.3 is 0 Å². The first-order valence-corrected chi connectivity index (χ1v) is 2.50. The maximum atomic E-state index is 12.3. The van der Waals surface area contributed by atoms with Gasteiger partial charge in [-0.1, -0.05) is 0 Å². The van der Waals surface area contributed by atoms with Crippen LogP contribution in [0.15, 0.2) is 12.5 Å². The van der Waals surface area contributed by atoms with Crippen molar-refractivity contribution in [1.82, 2.24) is 9.55 Å². The fourth-order valence-corrected chi connectivity index (χ4v) is 0.537. The van der Waals surface area contributed by atoms with E-state index < -0.39 is 0 Å². The van der Waals surface area contributed by atoms with Crippen molar-refractivity contribution in [2.24, 2.45) is 0 Å². The van der Waals surface area contributed by atoms with Crippen LogP contribution in [0.2, 0.25) is 0 Å². The highest BCUT2D eigenvalue weighted by molar-refractivity contribution is 4.77. The third kappa shape index (κ3) is 0.710. The quantitative estimate of drug-likeness (QED) is 0.533. The first-order valence-electron chi connectivity index (χ1n) is 2.50. The first-order chi connectivity index (χ1) is 3.84. The van der Waals surface area contributed by atoms with Gasteiger partial charge in [-0.25, -0.2) is 4.98 Å². The number of nitrogens with zero attached hydrogens (tertiary/aromatic N) is 2. The molecule has 0 atom stereocenters. The lowest BCUT2D eigenvalue weighted by molar-refractivity contribution is 0.508.